The van der Waals surface area contributed by atoms with Crippen molar-refractivity contribution in [1.29, 1.82) is 0 Å². The standard InChI is InChI=1S/C24H46O2/c1-6-7-8-9-10-11-15-18-23(20-26-24(25)22(4)5)19-16-13-12-14-17-21(2)3/h21,23H,4,6-20H2,1-3,5H3. The van der Waals surface area contributed by atoms with Crippen LogP contribution in [0.4, 0.5) is 0 Å². The maximum Gasteiger partial charge on any atom is 0.333 e. The van der Waals surface area contributed by atoms with Gasteiger partial charge in [-0.2, -0.15) is 0 Å². The van der Waals surface area contributed by atoms with E-state index >= 15 is 0 Å². The van der Waals surface area contributed by atoms with Crippen LogP contribution in [0, 0.1) is 11.8 Å². The minimum absolute atomic E-state index is 0.230. The molecule has 0 aliphatic rings. The third kappa shape index (κ3) is 16.7. The monoisotopic (exact) mass is 366 g/mol. The van der Waals surface area contributed by atoms with E-state index in [1.807, 2.05) is 0 Å². The number of hydrogen-bond donors (Lipinski definition) is 0. The Kier molecular flexibility index (Phi) is 17.1. The second-order valence-corrected chi connectivity index (χ2v) is 8.54. The first-order chi connectivity index (χ1) is 12.5. The zero-order chi connectivity index (χ0) is 19.6. The first-order valence-corrected chi connectivity index (χ1v) is 11.3. The highest BCUT2D eigenvalue weighted by Crippen LogP contribution is 2.20. The molecule has 0 aliphatic heterocycles. The number of unbranched alkanes of at least 4 members (excludes halogenated alkanes) is 9. The van der Waals surface area contributed by atoms with Crippen molar-refractivity contribution in [2.24, 2.45) is 11.8 Å². The van der Waals surface area contributed by atoms with E-state index in [9.17, 15) is 4.79 Å². The van der Waals surface area contributed by atoms with Crippen LogP contribution in [0.2, 0.25) is 0 Å². The summed E-state index contributed by atoms with van der Waals surface area (Å²) in [5.41, 5.74) is 0.508. The molecule has 154 valence electrons. The smallest absolute Gasteiger partial charge is 0.333 e. The Labute approximate surface area is 164 Å². The van der Waals surface area contributed by atoms with Gasteiger partial charge in [-0.15, -0.1) is 0 Å². The average Bonchev–Trinajstić information content (AvgIpc) is 2.60. The first-order valence-electron chi connectivity index (χ1n) is 11.3. The molecule has 0 saturated carbocycles. The summed E-state index contributed by atoms with van der Waals surface area (Å²) in [4.78, 5) is 11.7. The molecule has 0 aliphatic carbocycles. The van der Waals surface area contributed by atoms with Gasteiger partial charge in [0, 0.05) is 5.57 Å². The topological polar surface area (TPSA) is 26.3 Å². The van der Waals surface area contributed by atoms with Gasteiger partial charge in [0.1, 0.15) is 0 Å². The Morgan fingerprint density at radius 3 is 1.73 bits per heavy atom. The van der Waals surface area contributed by atoms with Crippen LogP contribution in [0.25, 0.3) is 0 Å². The summed E-state index contributed by atoms with van der Waals surface area (Å²) >= 11 is 0. The molecule has 0 saturated heterocycles. The summed E-state index contributed by atoms with van der Waals surface area (Å²) in [6, 6.07) is 0. The normalized spacial score (nSPS) is 12.3. The molecular formula is C24H46O2. The van der Waals surface area contributed by atoms with Gasteiger partial charge in [-0.1, -0.05) is 104 Å². The Morgan fingerprint density at radius 1 is 0.808 bits per heavy atom. The fourth-order valence-electron chi connectivity index (χ4n) is 3.36. The van der Waals surface area contributed by atoms with Gasteiger partial charge in [0.15, 0.2) is 0 Å². The quantitative estimate of drug-likeness (QED) is 0.140. The number of esters is 1. The van der Waals surface area contributed by atoms with Crippen molar-refractivity contribution in [3.8, 4) is 0 Å². The maximum absolute atomic E-state index is 11.7. The van der Waals surface area contributed by atoms with Crippen LogP contribution in [-0.4, -0.2) is 12.6 Å². The summed E-state index contributed by atoms with van der Waals surface area (Å²) in [6.45, 7) is 12.8. The molecule has 0 rings (SSSR count). The van der Waals surface area contributed by atoms with Crippen LogP contribution in [0.3, 0.4) is 0 Å². The number of ether oxygens (including phenoxy) is 1. The molecule has 0 N–H and O–H groups in total. The minimum atomic E-state index is -0.230. The number of carbonyl (C=O) groups is 1. The Morgan fingerprint density at radius 2 is 1.27 bits per heavy atom. The SMILES string of the molecule is C=C(C)C(=O)OCC(CCCCCCCCC)CCCCCCC(C)C. The largest absolute Gasteiger partial charge is 0.462 e. The lowest BCUT2D eigenvalue weighted by atomic mass is 9.94. The molecule has 1 atom stereocenters. The van der Waals surface area contributed by atoms with Gasteiger partial charge < -0.3 is 4.74 Å². The molecule has 1 unspecified atom stereocenters. The number of rotatable bonds is 18. The van der Waals surface area contributed by atoms with Crippen molar-refractivity contribution in [2.45, 2.75) is 118 Å². The van der Waals surface area contributed by atoms with E-state index in [2.05, 4.69) is 27.4 Å². The molecule has 0 radical (unpaired) electrons. The molecule has 26 heavy (non-hydrogen) atoms. The van der Waals surface area contributed by atoms with Gasteiger partial charge in [-0.25, -0.2) is 4.79 Å². The second kappa shape index (κ2) is 17.6. The van der Waals surface area contributed by atoms with Gasteiger partial charge in [0.25, 0.3) is 0 Å². The van der Waals surface area contributed by atoms with Gasteiger partial charge in [0.2, 0.25) is 0 Å². The van der Waals surface area contributed by atoms with E-state index in [4.69, 9.17) is 4.74 Å². The molecule has 0 amide bonds. The molecule has 0 aromatic rings. The van der Waals surface area contributed by atoms with Gasteiger partial charge in [-0.05, 0) is 31.6 Å². The van der Waals surface area contributed by atoms with Crippen molar-refractivity contribution in [1.82, 2.24) is 0 Å². The van der Waals surface area contributed by atoms with Crippen molar-refractivity contribution in [2.75, 3.05) is 6.61 Å². The highest BCUT2D eigenvalue weighted by molar-refractivity contribution is 5.86. The van der Waals surface area contributed by atoms with E-state index in [1.54, 1.807) is 6.92 Å². The molecule has 0 fully saturated rings. The Balaban J connectivity index is 3.97. The predicted octanol–water partition coefficient (Wildman–Crippen LogP) is 7.86. The van der Waals surface area contributed by atoms with Crippen LogP contribution < -0.4 is 0 Å². The Bertz CT molecular complexity index is 346. The summed E-state index contributed by atoms with van der Waals surface area (Å²) in [6.07, 6.45) is 18.4. The Hall–Kier alpha value is -0.790. The third-order valence-electron chi connectivity index (χ3n) is 5.16. The van der Waals surface area contributed by atoms with Crippen molar-refractivity contribution < 1.29 is 9.53 Å². The molecule has 0 spiro atoms. The zero-order valence-corrected chi connectivity index (χ0v) is 18.3. The fourth-order valence-corrected chi connectivity index (χ4v) is 3.36. The maximum atomic E-state index is 11.7. The van der Waals surface area contributed by atoms with Crippen LogP contribution in [0.5, 0.6) is 0 Å². The summed E-state index contributed by atoms with van der Waals surface area (Å²) in [7, 11) is 0. The van der Waals surface area contributed by atoms with E-state index in [1.165, 1.54) is 89.9 Å². The van der Waals surface area contributed by atoms with Gasteiger partial charge in [-0.3, -0.25) is 0 Å². The summed E-state index contributed by atoms with van der Waals surface area (Å²) in [5.74, 6) is 1.12. The van der Waals surface area contributed by atoms with Crippen molar-refractivity contribution in [3.05, 3.63) is 12.2 Å². The van der Waals surface area contributed by atoms with Crippen LogP contribution in [0.15, 0.2) is 12.2 Å². The number of carbonyl (C=O) groups excluding carboxylic acids is 1. The lowest BCUT2D eigenvalue weighted by molar-refractivity contribution is -0.140. The van der Waals surface area contributed by atoms with Gasteiger partial charge >= 0.3 is 5.97 Å². The lowest BCUT2D eigenvalue weighted by Gasteiger charge is -2.17. The zero-order valence-electron chi connectivity index (χ0n) is 18.3. The highest BCUT2D eigenvalue weighted by Gasteiger charge is 2.12. The molecule has 2 nitrogen and oxygen atoms in total. The van der Waals surface area contributed by atoms with Crippen LogP contribution >= 0.6 is 0 Å². The number of hydrogen-bond acceptors (Lipinski definition) is 2. The van der Waals surface area contributed by atoms with E-state index < -0.39 is 0 Å². The average molecular weight is 367 g/mol. The molecular weight excluding hydrogens is 320 g/mol. The van der Waals surface area contributed by atoms with Crippen LogP contribution in [-0.2, 0) is 9.53 Å². The van der Waals surface area contributed by atoms with E-state index in [-0.39, 0.29) is 5.97 Å². The molecule has 2 heteroatoms. The van der Waals surface area contributed by atoms with Crippen molar-refractivity contribution >= 4 is 5.97 Å². The molecule has 0 aromatic heterocycles. The van der Waals surface area contributed by atoms with E-state index in [0.717, 1.165) is 5.92 Å². The molecule has 0 bridgehead atoms. The predicted molar refractivity (Wildman–Crippen MR) is 114 cm³/mol. The molecule has 0 aromatic carbocycles. The highest BCUT2D eigenvalue weighted by atomic mass is 16.5. The lowest BCUT2D eigenvalue weighted by Crippen LogP contribution is -2.15. The summed E-state index contributed by atoms with van der Waals surface area (Å²) in [5, 5.41) is 0. The fraction of sp³-hybridized carbons (Fsp3) is 0.875. The second-order valence-electron chi connectivity index (χ2n) is 8.54. The first kappa shape index (κ1) is 25.2. The summed E-state index contributed by atoms with van der Waals surface area (Å²) < 4.78 is 5.45. The van der Waals surface area contributed by atoms with Crippen LogP contribution in [0.1, 0.15) is 118 Å². The van der Waals surface area contributed by atoms with Gasteiger partial charge in [0.05, 0.1) is 6.61 Å². The van der Waals surface area contributed by atoms with E-state index in [0.29, 0.717) is 18.1 Å². The molecule has 0 heterocycles. The minimum Gasteiger partial charge on any atom is -0.462 e. The third-order valence-corrected chi connectivity index (χ3v) is 5.16. The van der Waals surface area contributed by atoms with Crippen molar-refractivity contribution in [3.63, 3.8) is 0 Å².